The molecule has 0 saturated carbocycles. The van der Waals surface area contributed by atoms with Crippen LogP contribution < -0.4 is 9.64 Å². The molecule has 0 amide bonds. The van der Waals surface area contributed by atoms with Gasteiger partial charge in [-0.05, 0) is 12.1 Å². The topological polar surface area (TPSA) is 74.3 Å². The smallest absolute Gasteiger partial charge is 0.466 e. The minimum atomic E-state index is -5.11. The van der Waals surface area contributed by atoms with Crippen molar-refractivity contribution in [2.24, 2.45) is 0 Å². The van der Waals surface area contributed by atoms with E-state index < -0.39 is 42.3 Å². The van der Waals surface area contributed by atoms with Crippen molar-refractivity contribution in [2.75, 3.05) is 32.5 Å². The number of rotatable bonds is 4. The van der Waals surface area contributed by atoms with Gasteiger partial charge in [0.15, 0.2) is 5.75 Å². The van der Waals surface area contributed by atoms with E-state index in [-0.39, 0.29) is 17.9 Å². The van der Waals surface area contributed by atoms with Crippen LogP contribution in [0.25, 0.3) is 0 Å². The van der Waals surface area contributed by atoms with Gasteiger partial charge in [-0.1, -0.05) is 0 Å². The molecule has 0 atom stereocenters. The lowest BCUT2D eigenvalue weighted by molar-refractivity contribution is -0.274. The number of carbonyl (C=O) groups is 2. The highest BCUT2D eigenvalue weighted by atomic mass is 19.4. The molecule has 1 aromatic carbocycles. The normalized spacial score (nSPS) is 14.9. The molecule has 0 unspecified atom stereocenters. The SMILES string of the molecule is COC(=O)C1=C(C(=O)OC)N(c2ccc(F)cc2OC(F)(F)F)COC1. The Bertz CT molecular complexity index is 746. The number of methoxy groups -OCH3 is 2. The van der Waals surface area contributed by atoms with Gasteiger partial charge in [-0.3, -0.25) is 0 Å². The van der Waals surface area contributed by atoms with Crippen molar-refractivity contribution in [1.29, 1.82) is 0 Å². The number of halogens is 4. The first-order valence-corrected chi connectivity index (χ1v) is 6.98. The third-order valence-corrected chi connectivity index (χ3v) is 3.27. The summed E-state index contributed by atoms with van der Waals surface area (Å²) < 4.78 is 69.4. The monoisotopic (exact) mass is 379 g/mol. The van der Waals surface area contributed by atoms with Gasteiger partial charge in [-0.2, -0.15) is 0 Å². The maximum Gasteiger partial charge on any atom is 0.573 e. The Morgan fingerprint density at radius 1 is 1.15 bits per heavy atom. The van der Waals surface area contributed by atoms with Crippen LogP contribution in [0.4, 0.5) is 23.2 Å². The third-order valence-electron chi connectivity index (χ3n) is 3.27. The molecule has 0 aromatic heterocycles. The number of alkyl halides is 3. The van der Waals surface area contributed by atoms with E-state index in [0.717, 1.165) is 31.3 Å². The van der Waals surface area contributed by atoms with Crippen molar-refractivity contribution >= 4 is 17.6 Å². The Balaban J connectivity index is 2.61. The summed E-state index contributed by atoms with van der Waals surface area (Å²) in [7, 11) is 2.08. The molecule has 0 N–H and O–H groups in total. The zero-order chi connectivity index (χ0) is 19.5. The molecule has 0 aliphatic carbocycles. The van der Waals surface area contributed by atoms with Crippen molar-refractivity contribution in [1.82, 2.24) is 0 Å². The predicted molar refractivity (Wildman–Crippen MR) is 77.4 cm³/mol. The Labute approximate surface area is 144 Å². The van der Waals surface area contributed by atoms with Crippen LogP contribution in [0.2, 0.25) is 0 Å². The Morgan fingerprint density at radius 2 is 1.81 bits per heavy atom. The van der Waals surface area contributed by atoms with Gasteiger partial charge in [0.05, 0.1) is 32.1 Å². The Kier molecular flexibility index (Phi) is 5.70. The lowest BCUT2D eigenvalue weighted by atomic mass is 10.1. The summed E-state index contributed by atoms with van der Waals surface area (Å²) in [6, 6.07) is 2.30. The minimum Gasteiger partial charge on any atom is -0.466 e. The van der Waals surface area contributed by atoms with Crippen molar-refractivity contribution in [3.63, 3.8) is 0 Å². The van der Waals surface area contributed by atoms with Crippen LogP contribution in [0, 0.1) is 5.82 Å². The molecule has 11 heteroatoms. The molecule has 0 fully saturated rings. The molecule has 1 aliphatic heterocycles. The Morgan fingerprint density at radius 3 is 2.38 bits per heavy atom. The molecular weight excluding hydrogens is 366 g/mol. The highest BCUT2D eigenvalue weighted by Crippen LogP contribution is 2.37. The van der Waals surface area contributed by atoms with Gasteiger partial charge in [0.25, 0.3) is 0 Å². The highest BCUT2D eigenvalue weighted by Gasteiger charge is 2.37. The van der Waals surface area contributed by atoms with E-state index >= 15 is 0 Å². The largest absolute Gasteiger partial charge is 0.573 e. The molecule has 2 rings (SSSR count). The molecule has 1 heterocycles. The number of ether oxygens (including phenoxy) is 4. The lowest BCUT2D eigenvalue weighted by Gasteiger charge is -2.32. The zero-order valence-corrected chi connectivity index (χ0v) is 13.6. The van der Waals surface area contributed by atoms with Gasteiger partial charge in [-0.25, -0.2) is 14.0 Å². The van der Waals surface area contributed by atoms with E-state index in [0.29, 0.717) is 6.07 Å². The summed E-state index contributed by atoms with van der Waals surface area (Å²) in [6.45, 7) is -0.741. The number of anilines is 1. The number of benzene rings is 1. The molecule has 7 nitrogen and oxygen atoms in total. The summed E-state index contributed by atoms with van der Waals surface area (Å²) in [5.41, 5.74) is -1.03. The van der Waals surface area contributed by atoms with Gasteiger partial charge >= 0.3 is 18.3 Å². The number of nitrogens with zero attached hydrogens (tertiary/aromatic N) is 1. The molecule has 0 spiro atoms. The first kappa shape index (κ1) is 19.5. The molecule has 0 bridgehead atoms. The van der Waals surface area contributed by atoms with Crippen molar-refractivity contribution in [2.45, 2.75) is 6.36 Å². The summed E-state index contributed by atoms with van der Waals surface area (Å²) >= 11 is 0. The van der Waals surface area contributed by atoms with Gasteiger partial charge in [-0.15, -0.1) is 13.2 Å². The van der Waals surface area contributed by atoms with E-state index in [1.807, 2.05) is 0 Å². The molecule has 1 aliphatic rings. The molecule has 1 aromatic rings. The third kappa shape index (κ3) is 4.23. The molecule has 26 heavy (non-hydrogen) atoms. The number of carbonyl (C=O) groups excluding carboxylic acids is 2. The second-order valence-corrected chi connectivity index (χ2v) is 4.88. The van der Waals surface area contributed by atoms with Crippen molar-refractivity contribution in [3.05, 3.63) is 35.3 Å². The average molecular weight is 379 g/mol. The molecular formula is C15H13F4NO6. The second kappa shape index (κ2) is 7.60. The van der Waals surface area contributed by atoms with E-state index in [4.69, 9.17) is 4.74 Å². The predicted octanol–water partition coefficient (Wildman–Crippen LogP) is 2.12. The quantitative estimate of drug-likeness (QED) is 0.586. The average Bonchev–Trinajstić information content (AvgIpc) is 2.58. The van der Waals surface area contributed by atoms with Crippen molar-refractivity contribution in [3.8, 4) is 5.75 Å². The fraction of sp³-hybridized carbons (Fsp3) is 0.333. The first-order chi connectivity index (χ1) is 12.2. The van der Waals surface area contributed by atoms with Crippen LogP contribution in [0.3, 0.4) is 0 Å². The van der Waals surface area contributed by atoms with E-state index in [2.05, 4.69) is 14.2 Å². The van der Waals surface area contributed by atoms with Crippen LogP contribution >= 0.6 is 0 Å². The van der Waals surface area contributed by atoms with Crippen LogP contribution in [0.5, 0.6) is 5.75 Å². The van der Waals surface area contributed by atoms with E-state index in [1.54, 1.807) is 0 Å². The summed E-state index contributed by atoms with van der Waals surface area (Å²) in [5, 5.41) is 0. The maximum absolute atomic E-state index is 13.4. The van der Waals surface area contributed by atoms with Crippen LogP contribution in [-0.4, -0.2) is 45.9 Å². The minimum absolute atomic E-state index is 0.270. The van der Waals surface area contributed by atoms with Crippen LogP contribution in [0.15, 0.2) is 29.5 Å². The second-order valence-electron chi connectivity index (χ2n) is 4.88. The summed E-state index contributed by atoms with van der Waals surface area (Å²) in [6.07, 6.45) is -5.11. The summed E-state index contributed by atoms with van der Waals surface area (Å²) in [4.78, 5) is 24.9. The van der Waals surface area contributed by atoms with Gasteiger partial charge in [0.2, 0.25) is 0 Å². The van der Waals surface area contributed by atoms with Gasteiger partial charge < -0.3 is 23.8 Å². The standard InChI is InChI=1S/C15H13F4NO6/c1-23-13(21)9-6-25-7-20(12(9)14(22)24-2)10-4-3-8(16)5-11(10)26-15(17,18)19/h3-5H,6-7H2,1-2H3. The molecule has 0 saturated heterocycles. The summed E-state index contributed by atoms with van der Waals surface area (Å²) in [5.74, 6) is -3.87. The maximum atomic E-state index is 13.4. The Hall–Kier alpha value is -2.82. The van der Waals surface area contributed by atoms with Crippen LogP contribution in [0.1, 0.15) is 0 Å². The lowest BCUT2D eigenvalue weighted by Crippen LogP contribution is -2.39. The van der Waals surface area contributed by atoms with E-state index in [1.165, 1.54) is 0 Å². The molecule has 142 valence electrons. The zero-order valence-electron chi connectivity index (χ0n) is 13.6. The molecule has 0 radical (unpaired) electrons. The fourth-order valence-corrected chi connectivity index (χ4v) is 2.25. The highest BCUT2D eigenvalue weighted by molar-refractivity contribution is 6.03. The van der Waals surface area contributed by atoms with Crippen molar-refractivity contribution < 1.29 is 46.1 Å². The number of hydrogen-bond acceptors (Lipinski definition) is 7. The number of hydrogen-bond donors (Lipinski definition) is 0. The first-order valence-electron chi connectivity index (χ1n) is 6.98. The van der Waals surface area contributed by atoms with E-state index in [9.17, 15) is 27.2 Å². The number of esters is 2. The van der Waals surface area contributed by atoms with Crippen LogP contribution in [-0.2, 0) is 23.8 Å². The van der Waals surface area contributed by atoms with Gasteiger partial charge in [0.1, 0.15) is 18.2 Å². The van der Waals surface area contributed by atoms with Gasteiger partial charge in [0, 0.05) is 6.07 Å². The fourth-order valence-electron chi connectivity index (χ4n) is 2.25.